The van der Waals surface area contributed by atoms with Crippen molar-refractivity contribution in [2.45, 2.75) is 45.7 Å². The molecule has 0 amide bonds. The van der Waals surface area contributed by atoms with Crippen molar-refractivity contribution in [2.75, 3.05) is 11.9 Å². The van der Waals surface area contributed by atoms with Crippen LogP contribution in [0.2, 0.25) is 0 Å². The van der Waals surface area contributed by atoms with Gasteiger partial charge in [-0.3, -0.25) is 4.99 Å². The van der Waals surface area contributed by atoms with E-state index in [0.717, 1.165) is 12.1 Å². The summed E-state index contributed by atoms with van der Waals surface area (Å²) in [7, 11) is 0. The van der Waals surface area contributed by atoms with Crippen LogP contribution in [0.15, 0.2) is 59.6 Å². The minimum Gasteiger partial charge on any atom is -0.370 e. The number of nitrogens with two attached hydrogens (primary N) is 1. The van der Waals surface area contributed by atoms with Gasteiger partial charge in [-0.1, -0.05) is 49.4 Å². The molecule has 0 aliphatic heterocycles. The molecule has 4 nitrogen and oxygen atoms in total. The van der Waals surface area contributed by atoms with Gasteiger partial charge < -0.3 is 16.4 Å². The molecular weight excluding hydrogens is 308 g/mol. The Labute approximate surface area is 151 Å². The van der Waals surface area contributed by atoms with E-state index in [4.69, 9.17) is 5.73 Å². The number of benzene rings is 2. The van der Waals surface area contributed by atoms with E-state index in [0.29, 0.717) is 12.5 Å². The van der Waals surface area contributed by atoms with Crippen LogP contribution in [-0.4, -0.2) is 18.0 Å². The first-order valence-corrected chi connectivity index (χ1v) is 8.88. The van der Waals surface area contributed by atoms with Crippen LogP contribution >= 0.6 is 0 Å². The van der Waals surface area contributed by atoms with Crippen molar-refractivity contribution in [3.63, 3.8) is 0 Å². The fourth-order valence-corrected chi connectivity index (χ4v) is 2.80. The Bertz CT molecular complexity index is 692. The maximum Gasteiger partial charge on any atom is 0.193 e. The van der Waals surface area contributed by atoms with Crippen LogP contribution < -0.4 is 16.4 Å². The molecule has 0 aromatic heterocycles. The summed E-state index contributed by atoms with van der Waals surface area (Å²) in [6.07, 6.45) is 1.00. The fourth-order valence-electron chi connectivity index (χ4n) is 2.80. The SMILES string of the molecule is CCc1cccc(NC(N)=NCC(C)(C)NC(C)c2ccccc2)c1. The summed E-state index contributed by atoms with van der Waals surface area (Å²) in [6.45, 7) is 9.18. The molecule has 2 aromatic rings. The number of nitrogens with zero attached hydrogens (tertiary/aromatic N) is 1. The van der Waals surface area contributed by atoms with Crippen molar-refractivity contribution in [2.24, 2.45) is 10.7 Å². The summed E-state index contributed by atoms with van der Waals surface area (Å²) < 4.78 is 0. The second-order valence-electron chi connectivity index (χ2n) is 7.04. The number of rotatable bonds is 7. The van der Waals surface area contributed by atoms with Crippen molar-refractivity contribution in [1.82, 2.24) is 5.32 Å². The standard InChI is InChI=1S/C21H30N4/c1-5-17-10-9-13-19(14-17)24-20(22)23-15-21(3,4)25-16(2)18-11-7-6-8-12-18/h6-14,16,25H,5,15H2,1-4H3,(H3,22,23,24). The molecule has 0 fully saturated rings. The van der Waals surface area contributed by atoms with Gasteiger partial charge in [-0.2, -0.15) is 0 Å². The summed E-state index contributed by atoms with van der Waals surface area (Å²) in [5, 5.41) is 6.79. The fraction of sp³-hybridized carbons (Fsp3) is 0.381. The average molecular weight is 338 g/mol. The minimum absolute atomic E-state index is 0.160. The van der Waals surface area contributed by atoms with E-state index < -0.39 is 0 Å². The largest absolute Gasteiger partial charge is 0.370 e. The Morgan fingerprint density at radius 1 is 1.12 bits per heavy atom. The summed E-state index contributed by atoms with van der Waals surface area (Å²) >= 11 is 0. The molecular formula is C21H30N4. The second-order valence-corrected chi connectivity index (χ2v) is 7.04. The summed E-state index contributed by atoms with van der Waals surface area (Å²) in [4.78, 5) is 4.51. The van der Waals surface area contributed by atoms with Crippen molar-refractivity contribution in [3.05, 3.63) is 65.7 Å². The first kappa shape index (κ1) is 19.0. The molecule has 4 N–H and O–H groups in total. The third kappa shape index (κ3) is 6.24. The molecule has 0 radical (unpaired) electrons. The molecule has 1 atom stereocenters. The molecule has 2 aromatic carbocycles. The highest BCUT2D eigenvalue weighted by Gasteiger charge is 2.20. The van der Waals surface area contributed by atoms with Gasteiger partial charge in [0, 0.05) is 17.3 Å². The zero-order valence-corrected chi connectivity index (χ0v) is 15.7. The van der Waals surface area contributed by atoms with E-state index >= 15 is 0 Å². The Balaban J connectivity index is 1.93. The number of aryl methyl sites for hydroxylation is 1. The third-order valence-electron chi connectivity index (χ3n) is 4.16. The van der Waals surface area contributed by atoms with Gasteiger partial charge in [0.2, 0.25) is 0 Å². The van der Waals surface area contributed by atoms with Gasteiger partial charge in [0.15, 0.2) is 5.96 Å². The Morgan fingerprint density at radius 3 is 2.52 bits per heavy atom. The zero-order chi connectivity index (χ0) is 18.3. The van der Waals surface area contributed by atoms with Crippen LogP contribution in [0.5, 0.6) is 0 Å². The van der Waals surface area contributed by atoms with Gasteiger partial charge in [0.05, 0.1) is 6.54 Å². The highest BCUT2D eigenvalue weighted by Crippen LogP contribution is 2.16. The topological polar surface area (TPSA) is 62.4 Å². The summed E-state index contributed by atoms with van der Waals surface area (Å²) in [6, 6.07) is 18.9. The molecule has 0 bridgehead atoms. The van der Waals surface area contributed by atoms with Crippen LogP contribution in [-0.2, 0) is 6.42 Å². The number of hydrogen-bond acceptors (Lipinski definition) is 2. The molecule has 0 saturated carbocycles. The molecule has 4 heteroatoms. The monoisotopic (exact) mass is 338 g/mol. The number of anilines is 1. The molecule has 0 aliphatic carbocycles. The number of aliphatic imine (C=N–C) groups is 1. The summed E-state index contributed by atoms with van der Waals surface area (Å²) in [5.74, 6) is 0.440. The minimum atomic E-state index is -0.160. The molecule has 0 spiro atoms. The van der Waals surface area contributed by atoms with Gasteiger partial charge in [-0.05, 0) is 50.5 Å². The lowest BCUT2D eigenvalue weighted by atomic mass is 10.0. The number of nitrogens with one attached hydrogen (secondary N) is 2. The van der Waals surface area contributed by atoms with Gasteiger partial charge >= 0.3 is 0 Å². The molecule has 134 valence electrons. The van der Waals surface area contributed by atoms with E-state index in [1.807, 2.05) is 18.2 Å². The van der Waals surface area contributed by atoms with E-state index in [9.17, 15) is 0 Å². The number of guanidine groups is 1. The molecule has 0 heterocycles. The Kier molecular flexibility index (Phi) is 6.59. The molecule has 2 rings (SSSR count). The molecule has 25 heavy (non-hydrogen) atoms. The van der Waals surface area contributed by atoms with Gasteiger partial charge in [0.25, 0.3) is 0 Å². The lowest BCUT2D eigenvalue weighted by molar-refractivity contribution is 0.357. The van der Waals surface area contributed by atoms with Gasteiger partial charge in [0.1, 0.15) is 0 Å². The van der Waals surface area contributed by atoms with Crippen molar-refractivity contribution < 1.29 is 0 Å². The van der Waals surface area contributed by atoms with E-state index in [1.165, 1.54) is 11.1 Å². The first-order chi connectivity index (χ1) is 11.9. The third-order valence-corrected chi connectivity index (χ3v) is 4.16. The lowest BCUT2D eigenvalue weighted by Crippen LogP contribution is -2.44. The Morgan fingerprint density at radius 2 is 1.84 bits per heavy atom. The molecule has 1 unspecified atom stereocenters. The van der Waals surface area contributed by atoms with Crippen molar-refractivity contribution >= 4 is 11.6 Å². The zero-order valence-electron chi connectivity index (χ0n) is 15.7. The first-order valence-electron chi connectivity index (χ1n) is 8.88. The van der Waals surface area contributed by atoms with E-state index in [1.54, 1.807) is 0 Å². The average Bonchev–Trinajstić information content (AvgIpc) is 2.60. The smallest absolute Gasteiger partial charge is 0.193 e. The van der Waals surface area contributed by atoms with Crippen LogP contribution in [0.4, 0.5) is 5.69 Å². The van der Waals surface area contributed by atoms with Crippen LogP contribution in [0.25, 0.3) is 0 Å². The predicted molar refractivity (Wildman–Crippen MR) is 108 cm³/mol. The predicted octanol–water partition coefficient (Wildman–Crippen LogP) is 4.11. The maximum atomic E-state index is 6.06. The maximum absolute atomic E-state index is 6.06. The van der Waals surface area contributed by atoms with Gasteiger partial charge in [-0.15, -0.1) is 0 Å². The number of hydrogen-bond donors (Lipinski definition) is 3. The van der Waals surface area contributed by atoms with E-state index in [-0.39, 0.29) is 11.6 Å². The normalized spacial score (nSPS) is 13.5. The molecule has 0 saturated heterocycles. The molecule has 0 aliphatic rings. The quantitative estimate of drug-likeness (QED) is 0.526. The van der Waals surface area contributed by atoms with Crippen LogP contribution in [0.3, 0.4) is 0 Å². The van der Waals surface area contributed by atoms with Crippen LogP contribution in [0.1, 0.15) is 44.9 Å². The highest BCUT2D eigenvalue weighted by atomic mass is 15.1. The highest BCUT2D eigenvalue weighted by molar-refractivity contribution is 5.92. The van der Waals surface area contributed by atoms with Crippen LogP contribution in [0, 0.1) is 0 Å². The summed E-state index contributed by atoms with van der Waals surface area (Å²) in [5.41, 5.74) is 9.41. The van der Waals surface area contributed by atoms with Gasteiger partial charge in [-0.25, -0.2) is 0 Å². The lowest BCUT2D eigenvalue weighted by Gasteiger charge is -2.29. The Hall–Kier alpha value is -2.33. The van der Waals surface area contributed by atoms with Crippen molar-refractivity contribution in [3.8, 4) is 0 Å². The second kappa shape index (κ2) is 8.67. The van der Waals surface area contributed by atoms with E-state index in [2.05, 4.69) is 79.7 Å². The van der Waals surface area contributed by atoms with Crippen molar-refractivity contribution in [1.29, 1.82) is 0 Å².